The van der Waals surface area contributed by atoms with Gasteiger partial charge >= 0.3 is 0 Å². The number of ether oxygens (including phenoxy) is 1. The van der Waals surface area contributed by atoms with E-state index in [4.69, 9.17) is 15.9 Å². The molecule has 156 valence electrons. The van der Waals surface area contributed by atoms with Crippen LogP contribution in [0.25, 0.3) is 11.6 Å². The van der Waals surface area contributed by atoms with Gasteiger partial charge in [0.05, 0.1) is 13.2 Å². The van der Waals surface area contributed by atoms with E-state index in [0.29, 0.717) is 11.1 Å². The van der Waals surface area contributed by atoms with Gasteiger partial charge in [-0.15, -0.1) is 0 Å². The number of anilines is 1. The number of rotatable bonds is 8. The molecular formula is C23H27N5O2. The van der Waals surface area contributed by atoms with Crippen LogP contribution in [0, 0.1) is 5.41 Å². The quantitative estimate of drug-likeness (QED) is 0.462. The van der Waals surface area contributed by atoms with Crippen molar-refractivity contribution in [3.05, 3.63) is 71.7 Å². The molecule has 1 aromatic carbocycles. The molecule has 4 N–H and O–H groups in total. The molecule has 1 saturated heterocycles. The molecule has 1 amide bonds. The van der Waals surface area contributed by atoms with Crippen molar-refractivity contribution in [1.82, 2.24) is 9.88 Å². The van der Waals surface area contributed by atoms with Crippen LogP contribution in [-0.2, 0) is 16.0 Å². The highest BCUT2D eigenvalue weighted by Gasteiger charge is 2.10. The summed E-state index contributed by atoms with van der Waals surface area (Å²) in [4.78, 5) is 18.8. The number of pyridine rings is 1. The second-order valence-corrected chi connectivity index (χ2v) is 6.95. The minimum Gasteiger partial charge on any atom is -0.404 e. The summed E-state index contributed by atoms with van der Waals surface area (Å²) < 4.78 is 5.37. The molecule has 7 heteroatoms. The molecule has 0 atom stereocenters. The molecule has 0 aliphatic carbocycles. The van der Waals surface area contributed by atoms with Crippen molar-refractivity contribution >= 4 is 29.5 Å². The molecule has 1 aliphatic rings. The lowest BCUT2D eigenvalue weighted by Gasteiger charge is -2.26. The van der Waals surface area contributed by atoms with Crippen LogP contribution in [0.2, 0.25) is 0 Å². The SMILES string of the molecule is N=CC(=CN)c1ccncc1/C=C/C(=O)Nc1ccc(CCN2CCOCC2)cc1. The Kier molecular flexibility index (Phi) is 7.88. The molecule has 1 aromatic heterocycles. The number of hydrogen-bond donors (Lipinski definition) is 3. The minimum atomic E-state index is -0.237. The van der Waals surface area contributed by atoms with E-state index < -0.39 is 0 Å². The molecule has 3 rings (SSSR count). The highest BCUT2D eigenvalue weighted by Crippen LogP contribution is 2.17. The van der Waals surface area contributed by atoms with Crippen LogP contribution >= 0.6 is 0 Å². The van der Waals surface area contributed by atoms with E-state index in [0.717, 1.165) is 50.5 Å². The number of carbonyl (C=O) groups excluding carboxylic acids is 1. The third kappa shape index (κ3) is 6.10. The fraction of sp³-hybridized carbons (Fsp3) is 0.261. The highest BCUT2D eigenvalue weighted by atomic mass is 16.5. The number of nitrogens with one attached hydrogen (secondary N) is 2. The van der Waals surface area contributed by atoms with Gasteiger partial charge in [-0.1, -0.05) is 12.1 Å². The minimum absolute atomic E-state index is 0.237. The summed E-state index contributed by atoms with van der Waals surface area (Å²) in [5, 5.41) is 10.3. The van der Waals surface area contributed by atoms with Crippen molar-refractivity contribution in [2.45, 2.75) is 6.42 Å². The molecule has 30 heavy (non-hydrogen) atoms. The summed E-state index contributed by atoms with van der Waals surface area (Å²) in [6.07, 6.45) is 9.89. The van der Waals surface area contributed by atoms with Crippen LogP contribution in [0.4, 0.5) is 5.69 Å². The molecule has 0 radical (unpaired) electrons. The van der Waals surface area contributed by atoms with Crippen molar-refractivity contribution in [2.24, 2.45) is 5.73 Å². The van der Waals surface area contributed by atoms with Gasteiger partial charge < -0.3 is 21.2 Å². The Balaban J connectivity index is 1.55. The van der Waals surface area contributed by atoms with Crippen molar-refractivity contribution in [1.29, 1.82) is 5.41 Å². The van der Waals surface area contributed by atoms with Crippen molar-refractivity contribution in [3.8, 4) is 0 Å². The topological polar surface area (TPSA) is 104 Å². The lowest BCUT2D eigenvalue weighted by Crippen LogP contribution is -2.37. The Labute approximate surface area is 176 Å². The Bertz CT molecular complexity index is 915. The number of nitrogens with zero attached hydrogens (tertiary/aromatic N) is 2. The molecule has 0 spiro atoms. The standard InChI is InChI=1S/C23H27N5O2/c24-15-20(16-25)22-7-9-26-17-19(22)3-6-23(29)27-21-4-1-18(2-5-21)8-10-28-11-13-30-14-12-28/h1-7,9,15-17,24H,8,10-14,25H2,(H,27,29)/b6-3+,20-16?,24-15?. The second-order valence-electron chi connectivity index (χ2n) is 6.95. The third-order valence-corrected chi connectivity index (χ3v) is 4.95. The van der Waals surface area contributed by atoms with E-state index in [1.54, 1.807) is 24.5 Å². The lowest BCUT2D eigenvalue weighted by molar-refractivity contribution is -0.111. The Morgan fingerprint density at radius 1 is 1.23 bits per heavy atom. The normalized spacial score (nSPS) is 15.3. The Morgan fingerprint density at radius 2 is 2.00 bits per heavy atom. The van der Waals surface area contributed by atoms with Gasteiger partial charge in [0.25, 0.3) is 0 Å². The number of aromatic nitrogens is 1. The number of morpholine rings is 1. The fourth-order valence-electron chi connectivity index (χ4n) is 3.23. The van der Waals surface area contributed by atoms with E-state index in [2.05, 4.69) is 15.2 Å². The summed E-state index contributed by atoms with van der Waals surface area (Å²) in [5.41, 5.74) is 9.58. The van der Waals surface area contributed by atoms with Crippen molar-refractivity contribution in [3.63, 3.8) is 0 Å². The summed E-state index contributed by atoms with van der Waals surface area (Å²) in [6.45, 7) is 4.61. The van der Waals surface area contributed by atoms with Gasteiger partial charge in [-0.25, -0.2) is 0 Å². The van der Waals surface area contributed by atoms with Crippen LogP contribution < -0.4 is 11.1 Å². The average molecular weight is 406 g/mol. The van der Waals surface area contributed by atoms with Gasteiger partial charge in [-0.3, -0.25) is 14.7 Å². The highest BCUT2D eigenvalue weighted by molar-refractivity contribution is 6.10. The van der Waals surface area contributed by atoms with Crippen LogP contribution in [-0.4, -0.2) is 54.9 Å². The summed E-state index contributed by atoms with van der Waals surface area (Å²) in [6, 6.07) is 9.68. The number of benzene rings is 1. The molecule has 2 aromatic rings. The number of nitrogens with two attached hydrogens (primary N) is 1. The predicted molar refractivity (Wildman–Crippen MR) is 120 cm³/mol. The van der Waals surface area contributed by atoms with Crippen LogP contribution in [0.5, 0.6) is 0 Å². The molecule has 0 unspecified atom stereocenters. The zero-order chi connectivity index (χ0) is 21.2. The summed E-state index contributed by atoms with van der Waals surface area (Å²) in [7, 11) is 0. The van der Waals surface area contributed by atoms with Crippen LogP contribution in [0.15, 0.2) is 55.0 Å². The first-order valence-electron chi connectivity index (χ1n) is 9.94. The van der Waals surface area contributed by atoms with E-state index in [-0.39, 0.29) is 5.91 Å². The maximum absolute atomic E-state index is 12.3. The molecule has 1 aliphatic heterocycles. The number of hydrogen-bond acceptors (Lipinski definition) is 6. The van der Waals surface area contributed by atoms with E-state index in [1.807, 2.05) is 24.3 Å². The van der Waals surface area contributed by atoms with Crippen LogP contribution in [0.3, 0.4) is 0 Å². The molecule has 7 nitrogen and oxygen atoms in total. The molecular weight excluding hydrogens is 378 g/mol. The maximum atomic E-state index is 12.3. The molecule has 1 fully saturated rings. The molecule has 2 heterocycles. The van der Waals surface area contributed by atoms with Crippen molar-refractivity contribution in [2.75, 3.05) is 38.2 Å². The first-order chi connectivity index (χ1) is 14.7. The first-order valence-corrected chi connectivity index (χ1v) is 9.94. The van der Waals surface area contributed by atoms with Gasteiger partial charge in [-0.2, -0.15) is 0 Å². The smallest absolute Gasteiger partial charge is 0.248 e. The zero-order valence-electron chi connectivity index (χ0n) is 16.9. The van der Waals surface area contributed by atoms with Gasteiger partial charge in [0, 0.05) is 67.3 Å². The van der Waals surface area contributed by atoms with E-state index >= 15 is 0 Å². The van der Waals surface area contributed by atoms with Gasteiger partial charge in [0.2, 0.25) is 5.91 Å². The van der Waals surface area contributed by atoms with Crippen LogP contribution in [0.1, 0.15) is 16.7 Å². The lowest BCUT2D eigenvalue weighted by atomic mass is 10.0. The second kappa shape index (κ2) is 11.0. The molecule has 0 saturated carbocycles. The maximum Gasteiger partial charge on any atom is 0.248 e. The number of carbonyl (C=O) groups is 1. The summed E-state index contributed by atoms with van der Waals surface area (Å²) >= 11 is 0. The monoisotopic (exact) mass is 405 g/mol. The fourth-order valence-corrected chi connectivity index (χ4v) is 3.23. The molecule has 0 bridgehead atoms. The van der Waals surface area contributed by atoms with Gasteiger partial charge in [0.15, 0.2) is 0 Å². The predicted octanol–water partition coefficient (Wildman–Crippen LogP) is 2.56. The zero-order valence-corrected chi connectivity index (χ0v) is 16.9. The largest absolute Gasteiger partial charge is 0.404 e. The third-order valence-electron chi connectivity index (χ3n) is 4.95. The van der Waals surface area contributed by atoms with Gasteiger partial charge in [-0.05, 0) is 41.8 Å². The number of amides is 1. The summed E-state index contributed by atoms with van der Waals surface area (Å²) in [5.74, 6) is -0.237. The van der Waals surface area contributed by atoms with Gasteiger partial charge in [0.1, 0.15) is 0 Å². The Morgan fingerprint density at radius 3 is 2.70 bits per heavy atom. The Hall–Kier alpha value is -3.29. The van der Waals surface area contributed by atoms with E-state index in [1.165, 1.54) is 24.1 Å². The average Bonchev–Trinajstić information content (AvgIpc) is 2.79. The first kappa shape index (κ1) is 21.4. The van der Waals surface area contributed by atoms with Crippen molar-refractivity contribution < 1.29 is 9.53 Å². The number of allylic oxidation sites excluding steroid dienone is 1. The van der Waals surface area contributed by atoms with E-state index in [9.17, 15) is 4.79 Å².